The molecule has 6 heteroatoms. The summed E-state index contributed by atoms with van der Waals surface area (Å²) in [5.74, 6) is 1.45. The Labute approximate surface area is 188 Å². The standard InChI is InChI=1S/C22H37N3O2.HI/c1-5-23-22(24-17-19(3)20-9-7-18(2)8-10-20)25-13-11-21(12-14-25)27-16-6-15-26-4;/h7-10,19,21H,5-6,11-17H2,1-4H3,(H,23,24);1H. The predicted octanol–water partition coefficient (Wildman–Crippen LogP) is 4.20. The molecule has 1 N–H and O–H groups in total. The summed E-state index contributed by atoms with van der Waals surface area (Å²) >= 11 is 0. The highest BCUT2D eigenvalue weighted by molar-refractivity contribution is 14.0. The molecular formula is C22H38IN3O2. The molecule has 1 heterocycles. The summed E-state index contributed by atoms with van der Waals surface area (Å²) in [6.07, 6.45) is 3.46. The van der Waals surface area contributed by atoms with Gasteiger partial charge in [-0.05, 0) is 38.7 Å². The molecule has 160 valence electrons. The molecule has 2 rings (SSSR count). The first-order chi connectivity index (χ1) is 13.1. The van der Waals surface area contributed by atoms with Crippen molar-refractivity contribution in [2.24, 2.45) is 4.99 Å². The Kier molecular flexibility index (Phi) is 12.7. The van der Waals surface area contributed by atoms with E-state index in [1.807, 2.05) is 0 Å². The fourth-order valence-electron chi connectivity index (χ4n) is 3.34. The van der Waals surface area contributed by atoms with Crippen molar-refractivity contribution in [1.29, 1.82) is 0 Å². The van der Waals surface area contributed by atoms with Gasteiger partial charge >= 0.3 is 0 Å². The van der Waals surface area contributed by atoms with Gasteiger partial charge in [-0.15, -0.1) is 24.0 Å². The Bertz CT molecular complexity index is 557. The third-order valence-electron chi connectivity index (χ3n) is 5.08. The number of methoxy groups -OCH3 is 1. The van der Waals surface area contributed by atoms with Crippen molar-refractivity contribution in [2.75, 3.05) is 46.5 Å². The van der Waals surface area contributed by atoms with Gasteiger partial charge in [0.25, 0.3) is 0 Å². The monoisotopic (exact) mass is 503 g/mol. The zero-order valence-electron chi connectivity index (χ0n) is 17.9. The van der Waals surface area contributed by atoms with Gasteiger partial charge in [0.15, 0.2) is 5.96 Å². The van der Waals surface area contributed by atoms with E-state index in [0.29, 0.717) is 12.0 Å². The van der Waals surface area contributed by atoms with Crippen molar-refractivity contribution in [3.8, 4) is 0 Å². The average Bonchev–Trinajstić information content (AvgIpc) is 2.69. The highest BCUT2D eigenvalue weighted by Gasteiger charge is 2.22. The van der Waals surface area contributed by atoms with E-state index in [2.05, 4.69) is 55.3 Å². The number of aryl methyl sites for hydroxylation is 1. The van der Waals surface area contributed by atoms with Gasteiger partial charge in [0.2, 0.25) is 0 Å². The summed E-state index contributed by atoms with van der Waals surface area (Å²) in [5, 5.41) is 3.46. The SMILES string of the molecule is CCNC(=NCC(C)c1ccc(C)cc1)N1CCC(OCCCOC)CC1.I. The topological polar surface area (TPSA) is 46.1 Å². The molecule has 0 radical (unpaired) electrons. The molecule has 1 aromatic rings. The summed E-state index contributed by atoms with van der Waals surface area (Å²) < 4.78 is 11.1. The smallest absolute Gasteiger partial charge is 0.193 e. The number of ether oxygens (including phenoxy) is 2. The first-order valence-electron chi connectivity index (χ1n) is 10.3. The fourth-order valence-corrected chi connectivity index (χ4v) is 3.34. The third-order valence-corrected chi connectivity index (χ3v) is 5.08. The number of guanidine groups is 1. The van der Waals surface area contributed by atoms with Crippen LogP contribution < -0.4 is 5.32 Å². The maximum absolute atomic E-state index is 5.97. The predicted molar refractivity (Wildman–Crippen MR) is 128 cm³/mol. The number of aliphatic imine (C=N–C) groups is 1. The fraction of sp³-hybridized carbons (Fsp3) is 0.682. The summed E-state index contributed by atoms with van der Waals surface area (Å²) in [6.45, 7) is 11.8. The molecule has 1 aliphatic rings. The lowest BCUT2D eigenvalue weighted by Crippen LogP contribution is -2.47. The molecule has 0 saturated carbocycles. The van der Waals surface area contributed by atoms with E-state index in [0.717, 1.165) is 64.6 Å². The number of nitrogens with zero attached hydrogens (tertiary/aromatic N) is 2. The van der Waals surface area contributed by atoms with Crippen LogP contribution in [0.5, 0.6) is 0 Å². The normalized spacial score (nSPS) is 16.6. The summed E-state index contributed by atoms with van der Waals surface area (Å²) in [5.41, 5.74) is 2.65. The van der Waals surface area contributed by atoms with Gasteiger partial charge in [0.05, 0.1) is 6.10 Å². The minimum absolute atomic E-state index is 0. The van der Waals surface area contributed by atoms with E-state index in [-0.39, 0.29) is 24.0 Å². The largest absolute Gasteiger partial charge is 0.385 e. The van der Waals surface area contributed by atoms with E-state index < -0.39 is 0 Å². The lowest BCUT2D eigenvalue weighted by atomic mass is 10.0. The van der Waals surface area contributed by atoms with Crippen molar-refractivity contribution in [2.45, 2.75) is 52.1 Å². The van der Waals surface area contributed by atoms with Crippen LogP contribution in [0.1, 0.15) is 50.2 Å². The maximum Gasteiger partial charge on any atom is 0.193 e. The van der Waals surface area contributed by atoms with Crippen LogP contribution in [0.3, 0.4) is 0 Å². The number of likely N-dealkylation sites (tertiary alicyclic amines) is 1. The van der Waals surface area contributed by atoms with Gasteiger partial charge in [-0.1, -0.05) is 36.8 Å². The number of benzene rings is 1. The second-order valence-corrected chi connectivity index (χ2v) is 7.41. The maximum atomic E-state index is 5.97. The van der Waals surface area contributed by atoms with Crippen LogP contribution in [-0.2, 0) is 9.47 Å². The zero-order valence-corrected chi connectivity index (χ0v) is 20.3. The van der Waals surface area contributed by atoms with Gasteiger partial charge in [0, 0.05) is 52.4 Å². The second kappa shape index (κ2) is 14.2. The molecule has 0 aliphatic carbocycles. The van der Waals surface area contributed by atoms with Crippen LogP contribution in [-0.4, -0.2) is 63.5 Å². The Hall–Kier alpha value is -0.860. The molecule has 1 aliphatic heterocycles. The highest BCUT2D eigenvalue weighted by atomic mass is 127. The molecule has 1 aromatic carbocycles. The lowest BCUT2D eigenvalue weighted by Gasteiger charge is -2.34. The molecule has 0 aromatic heterocycles. The highest BCUT2D eigenvalue weighted by Crippen LogP contribution is 2.17. The van der Waals surface area contributed by atoms with Crippen molar-refractivity contribution in [3.05, 3.63) is 35.4 Å². The first-order valence-corrected chi connectivity index (χ1v) is 10.3. The van der Waals surface area contributed by atoms with E-state index in [1.165, 1.54) is 11.1 Å². The van der Waals surface area contributed by atoms with Crippen molar-refractivity contribution < 1.29 is 9.47 Å². The summed E-state index contributed by atoms with van der Waals surface area (Å²) in [6, 6.07) is 8.79. The summed E-state index contributed by atoms with van der Waals surface area (Å²) in [4.78, 5) is 7.30. The number of rotatable bonds is 9. The number of hydrogen-bond donors (Lipinski definition) is 1. The minimum Gasteiger partial charge on any atom is -0.385 e. The number of halogens is 1. The molecule has 0 spiro atoms. The molecule has 0 amide bonds. The second-order valence-electron chi connectivity index (χ2n) is 7.41. The summed E-state index contributed by atoms with van der Waals surface area (Å²) in [7, 11) is 1.74. The Morgan fingerprint density at radius 1 is 1.21 bits per heavy atom. The molecule has 1 fully saturated rings. The van der Waals surface area contributed by atoms with Gasteiger partial charge in [-0.2, -0.15) is 0 Å². The molecule has 28 heavy (non-hydrogen) atoms. The van der Waals surface area contributed by atoms with Crippen LogP contribution in [0.4, 0.5) is 0 Å². The van der Waals surface area contributed by atoms with Gasteiger partial charge < -0.3 is 19.7 Å². The van der Waals surface area contributed by atoms with Gasteiger partial charge in [0.1, 0.15) is 0 Å². The number of piperidine rings is 1. The molecule has 1 saturated heterocycles. The van der Waals surface area contributed by atoms with E-state index in [4.69, 9.17) is 14.5 Å². The molecule has 1 atom stereocenters. The van der Waals surface area contributed by atoms with Gasteiger partial charge in [-0.3, -0.25) is 4.99 Å². The van der Waals surface area contributed by atoms with Crippen LogP contribution in [0.25, 0.3) is 0 Å². The zero-order chi connectivity index (χ0) is 19.5. The van der Waals surface area contributed by atoms with Crippen molar-refractivity contribution in [1.82, 2.24) is 10.2 Å². The quantitative estimate of drug-likeness (QED) is 0.238. The van der Waals surface area contributed by atoms with Crippen molar-refractivity contribution in [3.63, 3.8) is 0 Å². The third kappa shape index (κ3) is 8.66. The molecule has 0 bridgehead atoms. The Morgan fingerprint density at radius 3 is 2.50 bits per heavy atom. The Morgan fingerprint density at radius 2 is 1.89 bits per heavy atom. The molecule has 5 nitrogen and oxygen atoms in total. The van der Waals surface area contributed by atoms with Gasteiger partial charge in [-0.25, -0.2) is 0 Å². The minimum atomic E-state index is 0. The van der Waals surface area contributed by atoms with Crippen LogP contribution in [0.2, 0.25) is 0 Å². The first kappa shape index (κ1) is 25.2. The van der Waals surface area contributed by atoms with Crippen LogP contribution >= 0.6 is 24.0 Å². The molecular weight excluding hydrogens is 465 g/mol. The van der Waals surface area contributed by atoms with Crippen molar-refractivity contribution >= 4 is 29.9 Å². The molecule has 1 unspecified atom stereocenters. The van der Waals surface area contributed by atoms with E-state index in [1.54, 1.807) is 7.11 Å². The van der Waals surface area contributed by atoms with Crippen LogP contribution in [0, 0.1) is 6.92 Å². The Balaban J connectivity index is 0.00000392. The van der Waals surface area contributed by atoms with Crippen LogP contribution in [0.15, 0.2) is 29.3 Å². The number of hydrogen-bond acceptors (Lipinski definition) is 3. The number of nitrogens with one attached hydrogen (secondary N) is 1. The average molecular weight is 503 g/mol. The lowest BCUT2D eigenvalue weighted by molar-refractivity contribution is 0.00990. The van der Waals surface area contributed by atoms with E-state index in [9.17, 15) is 0 Å². The van der Waals surface area contributed by atoms with E-state index >= 15 is 0 Å².